The summed E-state index contributed by atoms with van der Waals surface area (Å²) in [4.78, 5) is 0. The van der Waals surface area contributed by atoms with Crippen molar-refractivity contribution in [3.05, 3.63) is 42.4 Å². The Bertz CT molecular complexity index is 771. The largest absolute Gasteiger partial charge is 0.121 e. The van der Waals surface area contributed by atoms with Crippen LogP contribution in [0.1, 0.15) is 13.8 Å². The predicted molar refractivity (Wildman–Crippen MR) is 159 cm³/mol. The van der Waals surface area contributed by atoms with Crippen LogP contribution >= 0.6 is 141 Å². The van der Waals surface area contributed by atoms with Crippen LogP contribution in [0.2, 0.25) is 0 Å². The van der Waals surface area contributed by atoms with Crippen LogP contribution in [-0.2, 0) is 0 Å². The van der Waals surface area contributed by atoms with E-state index in [1.165, 1.54) is 42.4 Å². The molecule has 4 aliphatic heterocycles. The van der Waals surface area contributed by atoms with E-state index in [2.05, 4.69) is 26.4 Å². The Hall–Kier alpha value is 2.90. The summed E-state index contributed by atoms with van der Waals surface area (Å²) in [5, 5.41) is 0. The molecule has 0 unspecified atom stereocenters. The van der Waals surface area contributed by atoms with Gasteiger partial charge in [-0.3, -0.25) is 0 Å². The lowest BCUT2D eigenvalue weighted by Crippen LogP contribution is -1.72. The molecular weight excluding hydrogens is 577 g/mol. The van der Waals surface area contributed by atoms with Crippen LogP contribution in [0.5, 0.6) is 0 Å². The van der Waals surface area contributed by atoms with Crippen LogP contribution in [-0.4, -0.2) is 24.0 Å². The van der Waals surface area contributed by atoms with E-state index >= 15 is 0 Å². The van der Waals surface area contributed by atoms with Gasteiger partial charge in [-0.2, -0.15) is 0 Å². The average Bonchev–Trinajstić information content (AvgIpc) is 3.43. The Morgan fingerprint density at radius 3 is 1.04 bits per heavy atom. The Balaban J connectivity index is 1.42. The molecule has 0 aromatic rings. The minimum atomic E-state index is 1.15. The molecule has 0 nitrogen and oxygen atoms in total. The van der Waals surface area contributed by atoms with Crippen molar-refractivity contribution in [2.24, 2.45) is 0 Å². The van der Waals surface area contributed by atoms with E-state index in [4.69, 9.17) is 0 Å². The SMILES string of the molecule is CCSC1=C(SCC)SC(=C2SC3=C(SC(=C4SC(SC)=C(SC)S4)S3)S2)S1. The van der Waals surface area contributed by atoms with Gasteiger partial charge in [-0.1, -0.05) is 108 Å². The molecular formula is C16H16S12. The molecule has 4 heterocycles. The Kier molecular flexibility index (Phi) is 9.75. The summed E-state index contributed by atoms with van der Waals surface area (Å²) in [6, 6.07) is 0. The summed E-state index contributed by atoms with van der Waals surface area (Å²) in [5.41, 5.74) is 0. The predicted octanol–water partition coefficient (Wildman–Crippen LogP) is 10.8. The maximum atomic E-state index is 2.25. The highest BCUT2D eigenvalue weighted by Crippen LogP contribution is 2.73. The second-order valence-corrected chi connectivity index (χ2v) is 19.9. The molecule has 0 bridgehead atoms. The summed E-state index contributed by atoms with van der Waals surface area (Å²) in [5.74, 6) is 2.30. The third-order valence-corrected chi connectivity index (χ3v) is 20.4. The quantitative estimate of drug-likeness (QED) is 0.288. The van der Waals surface area contributed by atoms with Crippen molar-refractivity contribution in [2.75, 3.05) is 24.0 Å². The molecule has 152 valence electrons. The molecule has 0 aromatic heterocycles. The number of hydrogen-bond acceptors (Lipinski definition) is 12. The fourth-order valence-electron chi connectivity index (χ4n) is 2.15. The summed E-state index contributed by atoms with van der Waals surface area (Å²) >= 11 is 23.6. The molecule has 4 aliphatic rings. The van der Waals surface area contributed by atoms with Crippen molar-refractivity contribution in [3.63, 3.8) is 0 Å². The highest BCUT2D eigenvalue weighted by Gasteiger charge is 2.37. The minimum Gasteiger partial charge on any atom is -0.121 e. The van der Waals surface area contributed by atoms with E-state index in [0.717, 1.165) is 11.5 Å². The van der Waals surface area contributed by atoms with Crippen molar-refractivity contribution >= 4 is 141 Å². The lowest BCUT2D eigenvalue weighted by molar-refractivity contribution is 1.53. The molecule has 0 N–H and O–H groups in total. The van der Waals surface area contributed by atoms with Crippen molar-refractivity contribution in [3.8, 4) is 0 Å². The number of hydrogen-bond donors (Lipinski definition) is 0. The van der Waals surface area contributed by atoms with Crippen LogP contribution in [0.4, 0.5) is 0 Å². The smallest absolute Gasteiger partial charge is 0.0718 e. The van der Waals surface area contributed by atoms with Gasteiger partial charge in [0.05, 0.1) is 42.4 Å². The van der Waals surface area contributed by atoms with Crippen LogP contribution in [0.15, 0.2) is 42.4 Å². The molecule has 0 radical (unpaired) electrons. The fourth-order valence-corrected chi connectivity index (χ4v) is 19.7. The summed E-state index contributed by atoms with van der Waals surface area (Å²) < 4.78 is 14.9. The van der Waals surface area contributed by atoms with Gasteiger partial charge in [0.1, 0.15) is 0 Å². The highest BCUT2D eigenvalue weighted by atomic mass is 32.3. The van der Waals surface area contributed by atoms with Gasteiger partial charge >= 0.3 is 0 Å². The lowest BCUT2D eigenvalue weighted by atomic mass is 11.0. The molecule has 12 heteroatoms. The number of rotatable bonds is 6. The summed E-state index contributed by atoms with van der Waals surface area (Å²) in [7, 11) is 0. The zero-order chi connectivity index (χ0) is 19.7. The van der Waals surface area contributed by atoms with E-state index < -0.39 is 0 Å². The van der Waals surface area contributed by atoms with Gasteiger partial charge in [-0.25, -0.2) is 0 Å². The molecule has 0 saturated carbocycles. The molecule has 4 rings (SSSR count). The zero-order valence-corrected chi connectivity index (χ0v) is 25.1. The maximum absolute atomic E-state index is 2.25. The first kappa shape index (κ1) is 24.0. The average molecular weight is 593 g/mol. The Morgan fingerprint density at radius 1 is 0.464 bits per heavy atom. The molecule has 0 spiro atoms. The van der Waals surface area contributed by atoms with Crippen LogP contribution in [0.25, 0.3) is 0 Å². The van der Waals surface area contributed by atoms with Gasteiger partial charge in [0.2, 0.25) is 0 Å². The standard InChI is InChI=1S/C16H16S12/c1-5-19-9-10(20-6-2)24-12(23-9)14-27-15-16(28-14)26-13(25-15)11-21-7(17-3)8(18-4)22-11/h5-6H2,1-4H3. The molecule has 28 heavy (non-hydrogen) atoms. The van der Waals surface area contributed by atoms with Gasteiger partial charge < -0.3 is 0 Å². The summed E-state index contributed by atoms with van der Waals surface area (Å²) in [6.45, 7) is 4.50. The Labute approximate surface area is 218 Å². The fraction of sp³-hybridized carbons (Fsp3) is 0.375. The van der Waals surface area contributed by atoms with E-state index in [0.29, 0.717) is 0 Å². The maximum Gasteiger partial charge on any atom is 0.0718 e. The lowest BCUT2D eigenvalue weighted by Gasteiger charge is -2.07. The van der Waals surface area contributed by atoms with Crippen LogP contribution in [0, 0.1) is 0 Å². The first-order valence-corrected chi connectivity index (χ1v) is 19.1. The van der Waals surface area contributed by atoms with Crippen molar-refractivity contribution < 1.29 is 0 Å². The van der Waals surface area contributed by atoms with Crippen molar-refractivity contribution in [2.45, 2.75) is 13.8 Å². The van der Waals surface area contributed by atoms with Gasteiger partial charge in [-0.05, 0) is 24.0 Å². The molecule has 0 amide bonds. The third kappa shape index (κ3) is 5.34. The van der Waals surface area contributed by atoms with E-state index in [1.807, 2.05) is 141 Å². The van der Waals surface area contributed by atoms with Gasteiger partial charge in [0.15, 0.2) is 0 Å². The second kappa shape index (κ2) is 11.4. The Morgan fingerprint density at radius 2 is 0.750 bits per heavy atom. The first-order valence-electron chi connectivity index (χ1n) is 8.14. The molecule has 0 fully saturated rings. The topological polar surface area (TPSA) is 0 Å². The molecule has 0 saturated heterocycles. The van der Waals surface area contributed by atoms with Gasteiger partial charge in [0, 0.05) is 0 Å². The summed E-state index contributed by atoms with van der Waals surface area (Å²) in [6.07, 6.45) is 4.37. The van der Waals surface area contributed by atoms with Crippen LogP contribution in [0.3, 0.4) is 0 Å². The highest BCUT2D eigenvalue weighted by molar-refractivity contribution is 8.51. The van der Waals surface area contributed by atoms with E-state index in [-0.39, 0.29) is 0 Å². The van der Waals surface area contributed by atoms with Gasteiger partial charge in [-0.15, -0.1) is 47.0 Å². The normalized spacial score (nSPS) is 22.7. The van der Waals surface area contributed by atoms with Crippen molar-refractivity contribution in [1.82, 2.24) is 0 Å². The minimum absolute atomic E-state index is 1.15. The van der Waals surface area contributed by atoms with E-state index in [9.17, 15) is 0 Å². The molecule has 0 aliphatic carbocycles. The van der Waals surface area contributed by atoms with Crippen molar-refractivity contribution in [1.29, 1.82) is 0 Å². The van der Waals surface area contributed by atoms with E-state index in [1.54, 1.807) is 0 Å². The molecule has 0 atom stereocenters. The zero-order valence-electron chi connectivity index (χ0n) is 15.3. The molecule has 0 aromatic carbocycles. The monoisotopic (exact) mass is 592 g/mol. The van der Waals surface area contributed by atoms with Gasteiger partial charge in [0.25, 0.3) is 0 Å². The number of thioether (sulfide) groups is 12. The first-order chi connectivity index (χ1) is 13.7. The van der Waals surface area contributed by atoms with Crippen LogP contribution < -0.4 is 0 Å². The third-order valence-electron chi connectivity index (χ3n) is 3.24. The second-order valence-electron chi connectivity index (χ2n) is 4.97.